The highest BCUT2D eigenvalue weighted by atomic mass is 35.5. The van der Waals surface area contributed by atoms with Crippen LogP contribution in [0.5, 0.6) is 0 Å². The maximum atomic E-state index is 12.2. The Bertz CT molecular complexity index is 413. The average molecular weight is 282 g/mol. The lowest BCUT2D eigenvalue weighted by molar-refractivity contribution is 0.00709. The molecule has 0 spiro atoms. The topological polar surface area (TPSA) is 29.5 Å². The van der Waals surface area contributed by atoms with E-state index >= 15 is 0 Å². The zero-order valence-electron chi connectivity index (χ0n) is 11.3. The van der Waals surface area contributed by atoms with Gasteiger partial charge in [-0.05, 0) is 49.9 Å². The summed E-state index contributed by atoms with van der Waals surface area (Å²) in [5, 5.41) is 0.648. The van der Waals surface area contributed by atoms with E-state index in [1.165, 1.54) is 6.42 Å². The van der Waals surface area contributed by atoms with Crippen LogP contribution in [0, 0.1) is 0 Å². The molecule has 19 heavy (non-hydrogen) atoms. The molecule has 0 radical (unpaired) electrons. The van der Waals surface area contributed by atoms with Crippen LogP contribution in [0.1, 0.15) is 36.0 Å². The third-order valence-corrected chi connectivity index (χ3v) is 3.75. The fraction of sp³-hybridized carbons (Fsp3) is 0.533. The molecule has 1 amide bonds. The number of carbonyl (C=O) groups excluding carboxylic acids is 1. The first-order chi connectivity index (χ1) is 9.16. The quantitative estimate of drug-likeness (QED) is 0.847. The molecule has 0 aromatic heterocycles. The number of rotatable bonds is 4. The van der Waals surface area contributed by atoms with Gasteiger partial charge in [0.1, 0.15) is 0 Å². The second kappa shape index (κ2) is 6.92. The van der Waals surface area contributed by atoms with Crippen LogP contribution < -0.4 is 0 Å². The third-order valence-electron chi connectivity index (χ3n) is 3.50. The van der Waals surface area contributed by atoms with Gasteiger partial charge in [0.25, 0.3) is 5.91 Å². The Morgan fingerprint density at radius 3 is 2.74 bits per heavy atom. The number of amides is 1. The van der Waals surface area contributed by atoms with Crippen LogP contribution in [0.15, 0.2) is 24.3 Å². The Morgan fingerprint density at radius 2 is 2.11 bits per heavy atom. The predicted molar refractivity (Wildman–Crippen MR) is 76.6 cm³/mol. The lowest BCUT2D eigenvalue weighted by Crippen LogP contribution is -2.31. The molecule has 3 nitrogen and oxygen atoms in total. The molecular formula is C15H20ClNO2. The summed E-state index contributed by atoms with van der Waals surface area (Å²) in [4.78, 5) is 13.9. The fourth-order valence-corrected chi connectivity index (χ4v) is 2.41. The molecule has 1 heterocycles. The van der Waals surface area contributed by atoms with E-state index in [-0.39, 0.29) is 5.91 Å². The van der Waals surface area contributed by atoms with Crippen molar-refractivity contribution in [2.24, 2.45) is 0 Å². The van der Waals surface area contributed by atoms with Crippen molar-refractivity contribution >= 4 is 17.5 Å². The Morgan fingerprint density at radius 1 is 1.37 bits per heavy atom. The zero-order chi connectivity index (χ0) is 13.7. The summed E-state index contributed by atoms with van der Waals surface area (Å²) in [7, 11) is 1.83. The van der Waals surface area contributed by atoms with Gasteiger partial charge in [-0.2, -0.15) is 0 Å². The summed E-state index contributed by atoms with van der Waals surface area (Å²) in [6, 6.07) is 7.01. The minimum Gasteiger partial charge on any atom is -0.378 e. The van der Waals surface area contributed by atoms with Gasteiger partial charge >= 0.3 is 0 Å². The Balaban J connectivity index is 1.83. The fourth-order valence-electron chi connectivity index (χ4n) is 2.29. The molecule has 1 aromatic carbocycles. The molecule has 1 aliphatic rings. The van der Waals surface area contributed by atoms with Crippen molar-refractivity contribution in [3.63, 3.8) is 0 Å². The first-order valence-corrected chi connectivity index (χ1v) is 7.17. The molecule has 0 N–H and O–H groups in total. The summed E-state index contributed by atoms with van der Waals surface area (Å²) < 4.78 is 5.67. The van der Waals surface area contributed by atoms with Crippen molar-refractivity contribution in [3.8, 4) is 0 Å². The minimum atomic E-state index is 0.0347. The monoisotopic (exact) mass is 281 g/mol. The second-order valence-corrected chi connectivity index (χ2v) is 5.45. The molecule has 1 fully saturated rings. The summed E-state index contributed by atoms with van der Waals surface area (Å²) >= 11 is 5.82. The zero-order valence-corrected chi connectivity index (χ0v) is 12.0. The Hall–Kier alpha value is -1.06. The molecule has 0 aliphatic carbocycles. The van der Waals surface area contributed by atoms with Gasteiger partial charge < -0.3 is 9.64 Å². The van der Waals surface area contributed by atoms with E-state index in [4.69, 9.17) is 16.3 Å². The molecule has 104 valence electrons. The van der Waals surface area contributed by atoms with Gasteiger partial charge in [-0.25, -0.2) is 0 Å². The minimum absolute atomic E-state index is 0.0347. The van der Waals surface area contributed by atoms with E-state index in [1.54, 1.807) is 29.2 Å². The third kappa shape index (κ3) is 4.22. The SMILES string of the molecule is CN(CCC1CCCCO1)C(=O)c1ccc(Cl)cc1. The van der Waals surface area contributed by atoms with E-state index in [9.17, 15) is 4.79 Å². The van der Waals surface area contributed by atoms with Gasteiger partial charge in [-0.1, -0.05) is 11.6 Å². The maximum absolute atomic E-state index is 12.2. The second-order valence-electron chi connectivity index (χ2n) is 5.01. The summed E-state index contributed by atoms with van der Waals surface area (Å²) in [6.07, 6.45) is 4.74. The van der Waals surface area contributed by atoms with Crippen molar-refractivity contribution in [3.05, 3.63) is 34.9 Å². The van der Waals surface area contributed by atoms with E-state index in [1.807, 2.05) is 7.05 Å². The molecule has 1 aliphatic heterocycles. The standard InChI is InChI=1S/C15H20ClNO2/c1-17(10-9-14-4-2-3-11-19-14)15(18)12-5-7-13(16)8-6-12/h5-8,14H,2-4,9-11H2,1H3. The van der Waals surface area contributed by atoms with Gasteiger partial charge in [0, 0.05) is 30.8 Å². The summed E-state index contributed by atoms with van der Waals surface area (Å²) in [5.41, 5.74) is 0.677. The molecule has 0 bridgehead atoms. The normalized spacial score (nSPS) is 19.2. The lowest BCUT2D eigenvalue weighted by Gasteiger charge is -2.25. The van der Waals surface area contributed by atoms with Crippen LogP contribution in [0.3, 0.4) is 0 Å². The highest BCUT2D eigenvalue weighted by Gasteiger charge is 2.17. The number of carbonyl (C=O) groups is 1. The van der Waals surface area contributed by atoms with E-state index < -0.39 is 0 Å². The van der Waals surface area contributed by atoms with Crippen LogP contribution >= 0.6 is 11.6 Å². The molecule has 1 unspecified atom stereocenters. The van der Waals surface area contributed by atoms with E-state index in [2.05, 4.69) is 0 Å². The van der Waals surface area contributed by atoms with Crippen LogP contribution in [-0.2, 0) is 4.74 Å². The number of benzene rings is 1. The average Bonchev–Trinajstić information content (AvgIpc) is 2.46. The predicted octanol–water partition coefficient (Wildman–Crippen LogP) is 3.37. The van der Waals surface area contributed by atoms with Crippen molar-refractivity contribution in [2.75, 3.05) is 20.2 Å². The number of halogens is 1. The molecular weight excluding hydrogens is 262 g/mol. The molecule has 1 aromatic rings. The molecule has 2 rings (SSSR count). The largest absolute Gasteiger partial charge is 0.378 e. The van der Waals surface area contributed by atoms with Crippen molar-refractivity contribution in [1.82, 2.24) is 4.90 Å². The summed E-state index contributed by atoms with van der Waals surface area (Å²) in [6.45, 7) is 1.59. The number of hydrogen-bond donors (Lipinski definition) is 0. The number of nitrogens with zero attached hydrogens (tertiary/aromatic N) is 1. The molecule has 0 saturated carbocycles. The van der Waals surface area contributed by atoms with Gasteiger partial charge in [0.15, 0.2) is 0 Å². The number of ether oxygens (including phenoxy) is 1. The molecule has 1 saturated heterocycles. The highest BCUT2D eigenvalue weighted by molar-refractivity contribution is 6.30. The van der Waals surface area contributed by atoms with E-state index in [0.717, 1.165) is 32.4 Å². The molecule has 1 atom stereocenters. The summed E-state index contributed by atoms with van der Waals surface area (Å²) in [5.74, 6) is 0.0347. The van der Waals surface area contributed by atoms with Gasteiger partial charge in [0.05, 0.1) is 6.10 Å². The highest BCUT2D eigenvalue weighted by Crippen LogP contribution is 2.16. The van der Waals surface area contributed by atoms with Crippen LogP contribution in [-0.4, -0.2) is 37.1 Å². The smallest absolute Gasteiger partial charge is 0.253 e. The van der Waals surface area contributed by atoms with Crippen LogP contribution in [0.4, 0.5) is 0 Å². The van der Waals surface area contributed by atoms with Crippen LogP contribution in [0.25, 0.3) is 0 Å². The van der Waals surface area contributed by atoms with E-state index in [0.29, 0.717) is 16.7 Å². The number of hydrogen-bond acceptors (Lipinski definition) is 2. The van der Waals surface area contributed by atoms with Gasteiger partial charge in [-0.3, -0.25) is 4.79 Å². The van der Waals surface area contributed by atoms with Gasteiger partial charge in [0.2, 0.25) is 0 Å². The van der Waals surface area contributed by atoms with Crippen molar-refractivity contribution in [1.29, 1.82) is 0 Å². The first-order valence-electron chi connectivity index (χ1n) is 6.79. The molecule has 4 heteroatoms. The Labute approximate surface area is 119 Å². The lowest BCUT2D eigenvalue weighted by atomic mass is 10.1. The van der Waals surface area contributed by atoms with Crippen molar-refractivity contribution < 1.29 is 9.53 Å². The van der Waals surface area contributed by atoms with Gasteiger partial charge in [-0.15, -0.1) is 0 Å². The first kappa shape index (κ1) is 14.4. The maximum Gasteiger partial charge on any atom is 0.253 e. The Kier molecular flexibility index (Phi) is 5.23. The van der Waals surface area contributed by atoms with Crippen molar-refractivity contribution in [2.45, 2.75) is 31.8 Å². The van der Waals surface area contributed by atoms with Crippen LogP contribution in [0.2, 0.25) is 5.02 Å².